The second-order valence-electron chi connectivity index (χ2n) is 8.49. The van der Waals surface area contributed by atoms with Gasteiger partial charge in [0, 0.05) is 5.56 Å². The summed E-state index contributed by atoms with van der Waals surface area (Å²) < 4.78 is 5.96. The Morgan fingerprint density at radius 1 is 0.833 bits per heavy atom. The molecule has 1 aromatic heterocycles. The lowest BCUT2D eigenvalue weighted by molar-refractivity contribution is 0.0926. The molecule has 148 valence electrons. The van der Waals surface area contributed by atoms with Crippen molar-refractivity contribution in [2.75, 3.05) is 4.90 Å². The zero-order chi connectivity index (χ0) is 21.0. The van der Waals surface area contributed by atoms with Gasteiger partial charge in [-0.25, -0.2) is 9.88 Å². The van der Waals surface area contributed by atoms with Crippen LogP contribution >= 0.6 is 0 Å². The molecule has 5 rings (SSSR count). The molecule has 2 heterocycles. The molecule has 2 amide bonds. The van der Waals surface area contributed by atoms with E-state index >= 15 is 0 Å². The van der Waals surface area contributed by atoms with Crippen LogP contribution in [0.15, 0.2) is 71.1 Å². The van der Waals surface area contributed by atoms with E-state index in [2.05, 4.69) is 25.8 Å². The van der Waals surface area contributed by atoms with E-state index in [0.717, 1.165) is 5.52 Å². The first-order valence-corrected chi connectivity index (χ1v) is 9.82. The van der Waals surface area contributed by atoms with Crippen LogP contribution in [0.5, 0.6) is 0 Å². The van der Waals surface area contributed by atoms with Crippen molar-refractivity contribution in [2.45, 2.75) is 26.2 Å². The molecule has 3 aromatic carbocycles. The van der Waals surface area contributed by atoms with E-state index in [9.17, 15) is 9.59 Å². The highest BCUT2D eigenvalue weighted by Gasteiger charge is 2.36. The number of amides is 2. The molecule has 0 fully saturated rings. The second kappa shape index (κ2) is 6.39. The highest BCUT2D eigenvalue weighted by molar-refractivity contribution is 6.34. The van der Waals surface area contributed by atoms with E-state index in [0.29, 0.717) is 33.9 Å². The molecule has 0 saturated heterocycles. The summed E-state index contributed by atoms with van der Waals surface area (Å²) in [6.45, 7) is 6.46. The molecule has 0 atom stereocenters. The van der Waals surface area contributed by atoms with Gasteiger partial charge in [0.1, 0.15) is 5.52 Å². The molecule has 0 bridgehead atoms. The third-order valence-electron chi connectivity index (χ3n) is 5.40. The smallest absolute Gasteiger partial charge is 0.266 e. The summed E-state index contributed by atoms with van der Waals surface area (Å²) >= 11 is 0. The fourth-order valence-corrected chi connectivity index (χ4v) is 3.72. The maximum absolute atomic E-state index is 12.8. The van der Waals surface area contributed by atoms with Gasteiger partial charge in [-0.15, -0.1) is 0 Å². The standard InChI is InChI=1S/C25H20N2O3/c1-25(2,3)16-11-12-21-20(14-16)26-22(30-21)15-7-6-8-17(13-15)27-23(28)18-9-4-5-10-19(18)24(27)29/h4-14H,1-3H3. The number of carbonyl (C=O) groups excluding carboxylic acids is 2. The highest BCUT2D eigenvalue weighted by atomic mass is 16.3. The lowest BCUT2D eigenvalue weighted by Gasteiger charge is -2.18. The van der Waals surface area contributed by atoms with Crippen molar-refractivity contribution in [2.24, 2.45) is 0 Å². The van der Waals surface area contributed by atoms with E-state index in [1.165, 1.54) is 10.5 Å². The predicted octanol–water partition coefficient (Wildman–Crippen LogP) is 5.59. The van der Waals surface area contributed by atoms with Crippen LogP contribution in [0.4, 0.5) is 5.69 Å². The number of hydrogen-bond acceptors (Lipinski definition) is 4. The Labute approximate surface area is 174 Å². The van der Waals surface area contributed by atoms with Gasteiger partial charge in [-0.05, 0) is 53.4 Å². The minimum atomic E-state index is -0.319. The highest BCUT2D eigenvalue weighted by Crippen LogP contribution is 2.33. The second-order valence-corrected chi connectivity index (χ2v) is 8.49. The third kappa shape index (κ3) is 2.82. The molecule has 4 aromatic rings. The lowest BCUT2D eigenvalue weighted by Crippen LogP contribution is -2.29. The van der Waals surface area contributed by atoms with Crippen molar-refractivity contribution >= 4 is 28.6 Å². The lowest BCUT2D eigenvalue weighted by atomic mass is 9.87. The van der Waals surface area contributed by atoms with Crippen molar-refractivity contribution in [1.82, 2.24) is 4.98 Å². The first kappa shape index (κ1) is 18.3. The molecule has 0 saturated carbocycles. The molecule has 30 heavy (non-hydrogen) atoms. The zero-order valence-corrected chi connectivity index (χ0v) is 17.0. The van der Waals surface area contributed by atoms with Crippen molar-refractivity contribution in [3.63, 3.8) is 0 Å². The van der Waals surface area contributed by atoms with E-state index in [-0.39, 0.29) is 17.2 Å². The Balaban J connectivity index is 1.55. The SMILES string of the molecule is CC(C)(C)c1ccc2oc(-c3cccc(N4C(=O)c5ccccc5C4=O)c3)nc2c1. The zero-order valence-electron chi connectivity index (χ0n) is 17.0. The molecule has 5 heteroatoms. The fraction of sp³-hybridized carbons (Fsp3) is 0.160. The van der Waals surface area contributed by atoms with Crippen LogP contribution in [-0.4, -0.2) is 16.8 Å². The van der Waals surface area contributed by atoms with Crippen molar-refractivity contribution in [3.8, 4) is 11.5 Å². The molecule has 0 aliphatic carbocycles. The number of nitrogens with zero attached hydrogens (tertiary/aromatic N) is 2. The van der Waals surface area contributed by atoms with Crippen molar-refractivity contribution in [3.05, 3.63) is 83.4 Å². The number of hydrogen-bond donors (Lipinski definition) is 0. The van der Waals surface area contributed by atoms with E-state index < -0.39 is 0 Å². The Morgan fingerprint density at radius 3 is 2.20 bits per heavy atom. The van der Waals surface area contributed by atoms with Gasteiger partial charge in [0.2, 0.25) is 5.89 Å². The molecule has 0 N–H and O–H groups in total. The van der Waals surface area contributed by atoms with E-state index in [1.54, 1.807) is 42.5 Å². The Morgan fingerprint density at radius 2 is 1.53 bits per heavy atom. The minimum absolute atomic E-state index is 0.0126. The normalized spacial score (nSPS) is 13.9. The van der Waals surface area contributed by atoms with Crippen LogP contribution in [0.3, 0.4) is 0 Å². The Bertz CT molecular complexity index is 1290. The number of carbonyl (C=O) groups is 2. The molecular formula is C25H20N2O3. The van der Waals surface area contributed by atoms with Gasteiger partial charge < -0.3 is 4.42 Å². The minimum Gasteiger partial charge on any atom is -0.436 e. The molecular weight excluding hydrogens is 376 g/mol. The maximum Gasteiger partial charge on any atom is 0.266 e. The summed E-state index contributed by atoms with van der Waals surface area (Å²) in [5, 5.41) is 0. The summed E-state index contributed by atoms with van der Waals surface area (Å²) in [6, 6.07) is 20.0. The number of rotatable bonds is 2. The first-order valence-electron chi connectivity index (χ1n) is 9.82. The van der Waals surface area contributed by atoms with Crippen LogP contribution in [0.25, 0.3) is 22.6 Å². The van der Waals surface area contributed by atoms with Crippen LogP contribution < -0.4 is 4.90 Å². The summed E-state index contributed by atoms with van der Waals surface area (Å²) in [5.41, 5.74) is 4.71. The third-order valence-corrected chi connectivity index (χ3v) is 5.40. The molecule has 1 aliphatic rings. The number of aromatic nitrogens is 1. The largest absolute Gasteiger partial charge is 0.436 e. The molecule has 1 aliphatic heterocycles. The summed E-state index contributed by atoms with van der Waals surface area (Å²) in [5.74, 6) is -0.185. The topological polar surface area (TPSA) is 63.4 Å². The van der Waals surface area contributed by atoms with Gasteiger partial charge in [-0.1, -0.05) is 45.0 Å². The monoisotopic (exact) mass is 396 g/mol. The quantitative estimate of drug-likeness (QED) is 0.414. The van der Waals surface area contributed by atoms with Gasteiger partial charge >= 0.3 is 0 Å². The number of anilines is 1. The average molecular weight is 396 g/mol. The number of benzene rings is 3. The van der Waals surface area contributed by atoms with E-state index in [1.807, 2.05) is 24.3 Å². The van der Waals surface area contributed by atoms with Crippen LogP contribution in [0, 0.1) is 0 Å². The van der Waals surface area contributed by atoms with Gasteiger partial charge in [-0.2, -0.15) is 0 Å². The first-order chi connectivity index (χ1) is 14.3. The number of fused-ring (bicyclic) bond motifs is 2. The van der Waals surface area contributed by atoms with Gasteiger partial charge in [0.05, 0.1) is 16.8 Å². The van der Waals surface area contributed by atoms with Gasteiger partial charge in [0.25, 0.3) is 11.8 Å². The van der Waals surface area contributed by atoms with Crippen molar-refractivity contribution < 1.29 is 14.0 Å². The van der Waals surface area contributed by atoms with Gasteiger partial charge in [-0.3, -0.25) is 9.59 Å². The van der Waals surface area contributed by atoms with Crippen LogP contribution in [0.2, 0.25) is 0 Å². The Kier molecular flexibility index (Phi) is 3.90. The average Bonchev–Trinajstić information content (AvgIpc) is 3.27. The van der Waals surface area contributed by atoms with Crippen molar-refractivity contribution in [1.29, 1.82) is 0 Å². The molecule has 0 spiro atoms. The van der Waals surface area contributed by atoms with E-state index in [4.69, 9.17) is 4.42 Å². The molecule has 5 nitrogen and oxygen atoms in total. The fourth-order valence-electron chi connectivity index (χ4n) is 3.72. The van der Waals surface area contributed by atoms with Crippen LogP contribution in [-0.2, 0) is 5.41 Å². The summed E-state index contributed by atoms with van der Waals surface area (Å²) in [6.07, 6.45) is 0. The number of oxazole rings is 1. The summed E-state index contributed by atoms with van der Waals surface area (Å²) in [7, 11) is 0. The number of imide groups is 1. The molecule has 0 unspecified atom stereocenters. The molecule has 0 radical (unpaired) electrons. The van der Waals surface area contributed by atoms with Crippen LogP contribution in [0.1, 0.15) is 47.1 Å². The van der Waals surface area contributed by atoms with Gasteiger partial charge in [0.15, 0.2) is 5.58 Å². The summed E-state index contributed by atoms with van der Waals surface area (Å²) in [4.78, 5) is 31.4. The Hall–Kier alpha value is -3.73. The predicted molar refractivity (Wildman–Crippen MR) is 116 cm³/mol. The maximum atomic E-state index is 12.8.